The molecular formula is C15H19N3O2. The summed E-state index contributed by atoms with van der Waals surface area (Å²) in [5.74, 6) is -0.760. The number of hydrogen-bond acceptors (Lipinski definition) is 4. The van der Waals surface area contributed by atoms with Gasteiger partial charge in [0, 0.05) is 12.2 Å². The highest BCUT2D eigenvalue weighted by Gasteiger charge is 2.18. The summed E-state index contributed by atoms with van der Waals surface area (Å²) in [5, 5.41) is 21.3. The molecule has 0 amide bonds. The van der Waals surface area contributed by atoms with Crippen LogP contribution < -0.4 is 5.32 Å². The summed E-state index contributed by atoms with van der Waals surface area (Å²) in [4.78, 5) is 15.5. The van der Waals surface area contributed by atoms with Gasteiger partial charge in [-0.15, -0.1) is 0 Å². The van der Waals surface area contributed by atoms with E-state index in [2.05, 4.69) is 16.4 Å². The third-order valence-electron chi connectivity index (χ3n) is 3.78. The molecule has 1 aliphatic carbocycles. The molecule has 5 nitrogen and oxygen atoms in total. The Kier molecular flexibility index (Phi) is 4.57. The fraction of sp³-hybridized carbons (Fsp3) is 0.533. The summed E-state index contributed by atoms with van der Waals surface area (Å²) >= 11 is 0. The minimum absolute atomic E-state index is 0.298. The van der Waals surface area contributed by atoms with Crippen molar-refractivity contribution >= 4 is 11.8 Å². The minimum atomic E-state index is -0.823. The largest absolute Gasteiger partial charge is 0.481 e. The highest BCUT2D eigenvalue weighted by Crippen LogP contribution is 2.24. The summed E-state index contributed by atoms with van der Waals surface area (Å²) < 4.78 is 0. The van der Waals surface area contributed by atoms with Crippen LogP contribution in [0.15, 0.2) is 6.07 Å². The predicted octanol–water partition coefficient (Wildman–Crippen LogP) is 2.35. The summed E-state index contributed by atoms with van der Waals surface area (Å²) in [6, 6.07) is 4.04. The number of nitriles is 1. The Labute approximate surface area is 118 Å². The van der Waals surface area contributed by atoms with Gasteiger partial charge in [0.1, 0.15) is 11.9 Å². The Balaban J connectivity index is 2.18. The number of aromatic nitrogens is 1. The van der Waals surface area contributed by atoms with Crippen LogP contribution in [0, 0.1) is 17.2 Å². The number of pyridine rings is 1. The van der Waals surface area contributed by atoms with E-state index >= 15 is 0 Å². The van der Waals surface area contributed by atoms with Gasteiger partial charge >= 0.3 is 5.97 Å². The van der Waals surface area contributed by atoms with Crippen molar-refractivity contribution in [1.82, 2.24) is 4.98 Å². The van der Waals surface area contributed by atoms with E-state index in [4.69, 9.17) is 5.11 Å². The fourth-order valence-electron chi connectivity index (χ4n) is 2.48. The van der Waals surface area contributed by atoms with Crippen LogP contribution in [-0.2, 0) is 17.6 Å². The predicted molar refractivity (Wildman–Crippen MR) is 75.5 cm³/mol. The van der Waals surface area contributed by atoms with Crippen molar-refractivity contribution in [3.63, 3.8) is 0 Å². The number of carbonyl (C=O) groups is 1. The number of rotatable bonds is 5. The Morgan fingerprint density at radius 2 is 2.30 bits per heavy atom. The molecule has 1 aromatic heterocycles. The van der Waals surface area contributed by atoms with Gasteiger partial charge in [0.05, 0.1) is 11.5 Å². The maximum absolute atomic E-state index is 11.0. The van der Waals surface area contributed by atoms with Crippen molar-refractivity contribution < 1.29 is 9.90 Å². The van der Waals surface area contributed by atoms with Gasteiger partial charge in [0.15, 0.2) is 0 Å². The van der Waals surface area contributed by atoms with Crippen molar-refractivity contribution in [1.29, 1.82) is 5.26 Å². The van der Waals surface area contributed by atoms with Gasteiger partial charge in [-0.25, -0.2) is 4.98 Å². The quantitative estimate of drug-likeness (QED) is 0.860. The van der Waals surface area contributed by atoms with Crippen molar-refractivity contribution in [2.75, 3.05) is 11.9 Å². The van der Waals surface area contributed by atoms with Crippen LogP contribution >= 0.6 is 0 Å². The molecule has 106 valence electrons. The first-order valence-electron chi connectivity index (χ1n) is 7.05. The van der Waals surface area contributed by atoms with E-state index in [1.54, 1.807) is 0 Å². The molecular weight excluding hydrogens is 254 g/mol. The van der Waals surface area contributed by atoms with Gasteiger partial charge in [-0.3, -0.25) is 4.79 Å². The van der Waals surface area contributed by atoms with Crippen molar-refractivity contribution in [3.8, 4) is 6.07 Å². The number of aryl methyl sites for hydroxylation is 2. The lowest BCUT2D eigenvalue weighted by Gasteiger charge is -2.18. The van der Waals surface area contributed by atoms with E-state index in [9.17, 15) is 10.1 Å². The van der Waals surface area contributed by atoms with E-state index in [0.717, 1.165) is 36.9 Å². The van der Waals surface area contributed by atoms with Crippen LogP contribution in [0.3, 0.4) is 0 Å². The second-order valence-corrected chi connectivity index (χ2v) is 5.13. The zero-order valence-corrected chi connectivity index (χ0v) is 11.6. The first kappa shape index (κ1) is 14.3. The van der Waals surface area contributed by atoms with E-state index in [-0.39, 0.29) is 0 Å². The number of anilines is 1. The number of carboxylic acid groups (broad SMARTS) is 1. The molecule has 0 radical (unpaired) electrons. The first-order valence-corrected chi connectivity index (χ1v) is 7.05. The van der Waals surface area contributed by atoms with Crippen LogP contribution in [0.25, 0.3) is 0 Å². The maximum Gasteiger partial charge on any atom is 0.308 e. The lowest BCUT2D eigenvalue weighted by Crippen LogP contribution is -2.23. The van der Waals surface area contributed by atoms with Gasteiger partial charge < -0.3 is 10.4 Å². The molecule has 0 fully saturated rings. The van der Waals surface area contributed by atoms with Crippen LogP contribution in [0.1, 0.15) is 43.0 Å². The smallest absolute Gasteiger partial charge is 0.308 e. The third-order valence-corrected chi connectivity index (χ3v) is 3.78. The molecule has 20 heavy (non-hydrogen) atoms. The molecule has 1 heterocycles. The first-order chi connectivity index (χ1) is 9.65. The molecule has 5 heteroatoms. The van der Waals surface area contributed by atoms with Crippen LogP contribution in [0.2, 0.25) is 0 Å². The van der Waals surface area contributed by atoms with Crippen LogP contribution in [-0.4, -0.2) is 22.6 Å². The molecule has 0 spiro atoms. The van der Waals surface area contributed by atoms with E-state index in [1.807, 2.05) is 13.0 Å². The number of fused-ring (bicyclic) bond motifs is 1. The van der Waals surface area contributed by atoms with E-state index in [1.165, 1.54) is 0 Å². The van der Waals surface area contributed by atoms with Crippen molar-refractivity contribution in [2.45, 2.75) is 39.0 Å². The Hall–Kier alpha value is -2.09. The standard InChI is InChI=1S/C15H19N3O2/c1-2-10(15(19)20)9-17-14-12(8-16)7-11-5-3-4-6-13(11)18-14/h7,10H,2-6,9H2,1H3,(H,17,18)(H,19,20). The molecule has 1 atom stereocenters. The second kappa shape index (κ2) is 6.38. The highest BCUT2D eigenvalue weighted by atomic mass is 16.4. The Morgan fingerprint density at radius 3 is 2.95 bits per heavy atom. The molecule has 0 aromatic carbocycles. The average molecular weight is 273 g/mol. The molecule has 0 bridgehead atoms. The monoisotopic (exact) mass is 273 g/mol. The lowest BCUT2D eigenvalue weighted by atomic mass is 9.95. The van der Waals surface area contributed by atoms with Gasteiger partial charge in [-0.05, 0) is 43.7 Å². The zero-order chi connectivity index (χ0) is 14.5. The number of aliphatic carboxylic acids is 1. The second-order valence-electron chi connectivity index (χ2n) is 5.13. The fourth-order valence-corrected chi connectivity index (χ4v) is 2.48. The van der Waals surface area contributed by atoms with Crippen molar-refractivity contribution in [3.05, 3.63) is 22.9 Å². The summed E-state index contributed by atoms with van der Waals surface area (Å²) in [6.45, 7) is 2.14. The summed E-state index contributed by atoms with van der Waals surface area (Å²) in [5.41, 5.74) is 2.70. The Morgan fingerprint density at radius 1 is 1.55 bits per heavy atom. The van der Waals surface area contributed by atoms with Crippen LogP contribution in [0.4, 0.5) is 5.82 Å². The zero-order valence-electron chi connectivity index (χ0n) is 11.6. The molecule has 0 aliphatic heterocycles. The lowest BCUT2D eigenvalue weighted by molar-refractivity contribution is -0.141. The van der Waals surface area contributed by atoms with E-state index in [0.29, 0.717) is 24.3 Å². The molecule has 1 aromatic rings. The number of nitrogens with zero attached hydrogens (tertiary/aromatic N) is 2. The van der Waals surface area contributed by atoms with E-state index < -0.39 is 11.9 Å². The number of nitrogens with one attached hydrogen (secondary N) is 1. The molecule has 1 unspecified atom stereocenters. The van der Waals surface area contributed by atoms with Gasteiger partial charge in [0.25, 0.3) is 0 Å². The molecule has 1 aliphatic rings. The molecule has 2 rings (SSSR count). The molecule has 2 N–H and O–H groups in total. The summed E-state index contributed by atoms with van der Waals surface area (Å²) in [6.07, 6.45) is 4.73. The third kappa shape index (κ3) is 3.08. The van der Waals surface area contributed by atoms with Crippen molar-refractivity contribution in [2.24, 2.45) is 5.92 Å². The maximum atomic E-state index is 11.0. The number of carboxylic acids is 1. The minimum Gasteiger partial charge on any atom is -0.481 e. The average Bonchev–Trinajstić information content (AvgIpc) is 2.46. The topological polar surface area (TPSA) is 86.0 Å². The Bertz CT molecular complexity index is 549. The van der Waals surface area contributed by atoms with Crippen LogP contribution in [0.5, 0.6) is 0 Å². The number of hydrogen-bond donors (Lipinski definition) is 2. The van der Waals surface area contributed by atoms with Gasteiger partial charge in [0.2, 0.25) is 0 Å². The highest BCUT2D eigenvalue weighted by molar-refractivity contribution is 5.71. The molecule has 0 saturated heterocycles. The van der Waals surface area contributed by atoms with Gasteiger partial charge in [-0.1, -0.05) is 6.92 Å². The normalized spacial score (nSPS) is 15.0. The SMILES string of the molecule is CCC(CNc1nc2c(cc1C#N)CCCC2)C(=O)O. The molecule has 0 saturated carbocycles. The van der Waals surface area contributed by atoms with Gasteiger partial charge in [-0.2, -0.15) is 5.26 Å². The summed E-state index contributed by atoms with van der Waals surface area (Å²) in [7, 11) is 0.